The second-order valence-electron chi connectivity index (χ2n) is 9.96. The van der Waals surface area contributed by atoms with Crippen LogP contribution in [-0.2, 0) is 16.1 Å². The maximum Gasteiger partial charge on any atom is 0.223 e. The first-order chi connectivity index (χ1) is 14.2. The topological polar surface area (TPSA) is 114 Å². The van der Waals surface area contributed by atoms with E-state index in [0.717, 1.165) is 43.2 Å². The largest absolute Gasteiger partial charge is 0.385 e. The van der Waals surface area contributed by atoms with E-state index in [2.05, 4.69) is 12.1 Å². The number of nitriles is 1. The summed E-state index contributed by atoms with van der Waals surface area (Å²) in [4.78, 5) is 17.1. The summed E-state index contributed by atoms with van der Waals surface area (Å²) in [6.45, 7) is 4.27. The number of benzene rings is 1. The quantitative estimate of drug-likeness (QED) is 0.532. The number of primary amides is 1. The Balaban J connectivity index is 1.53. The van der Waals surface area contributed by atoms with Crippen molar-refractivity contribution in [2.24, 2.45) is 39.6 Å². The molecule has 1 aromatic carbocycles. The zero-order valence-corrected chi connectivity index (χ0v) is 17.9. The minimum atomic E-state index is -0.936. The second kappa shape index (κ2) is 7.70. The van der Waals surface area contributed by atoms with Crippen molar-refractivity contribution in [3.8, 4) is 6.07 Å². The van der Waals surface area contributed by atoms with Gasteiger partial charge >= 0.3 is 0 Å². The zero-order valence-electron chi connectivity index (χ0n) is 17.9. The van der Waals surface area contributed by atoms with Crippen LogP contribution in [0.15, 0.2) is 29.3 Å². The van der Waals surface area contributed by atoms with Gasteiger partial charge in [-0.1, -0.05) is 29.8 Å². The second-order valence-corrected chi connectivity index (χ2v) is 9.96. The van der Waals surface area contributed by atoms with Crippen LogP contribution in [0.1, 0.15) is 56.6 Å². The number of nitrogens with two attached hydrogens (primary N) is 2. The lowest BCUT2D eigenvalue weighted by Crippen LogP contribution is -2.58. The highest BCUT2D eigenvalue weighted by atomic mass is 16.5. The van der Waals surface area contributed by atoms with Crippen molar-refractivity contribution in [1.82, 2.24) is 0 Å². The van der Waals surface area contributed by atoms with Crippen molar-refractivity contribution < 1.29 is 9.53 Å². The fourth-order valence-electron chi connectivity index (χ4n) is 6.22. The smallest absolute Gasteiger partial charge is 0.223 e. The fraction of sp³-hybridized carbons (Fsp3) is 0.625. The molecule has 4 aliphatic rings. The third kappa shape index (κ3) is 3.72. The normalized spacial score (nSPS) is 34.4. The molecule has 6 heteroatoms. The van der Waals surface area contributed by atoms with Crippen molar-refractivity contribution in [1.29, 1.82) is 5.26 Å². The van der Waals surface area contributed by atoms with E-state index in [9.17, 15) is 10.1 Å². The number of aliphatic imine (C=N–C) groups is 1. The molecule has 3 unspecified atom stereocenters. The number of ether oxygens (including phenoxy) is 1. The minimum absolute atomic E-state index is 0.0922. The van der Waals surface area contributed by atoms with Crippen LogP contribution in [0.25, 0.3) is 0 Å². The lowest BCUT2D eigenvalue weighted by molar-refractivity contribution is -0.144. The molecule has 0 aromatic heterocycles. The number of amidine groups is 1. The Morgan fingerprint density at radius 3 is 2.60 bits per heavy atom. The van der Waals surface area contributed by atoms with Gasteiger partial charge in [0.1, 0.15) is 11.4 Å². The van der Waals surface area contributed by atoms with Gasteiger partial charge in [-0.3, -0.25) is 9.79 Å². The van der Waals surface area contributed by atoms with Gasteiger partial charge in [0, 0.05) is 5.41 Å². The van der Waals surface area contributed by atoms with Gasteiger partial charge in [0.25, 0.3) is 0 Å². The Labute approximate surface area is 178 Å². The molecule has 4 aliphatic carbocycles. The number of aryl methyl sites for hydroxylation is 1. The van der Waals surface area contributed by atoms with Gasteiger partial charge in [0.05, 0.1) is 25.1 Å². The Hall–Kier alpha value is -2.39. The Morgan fingerprint density at radius 1 is 1.30 bits per heavy atom. The first-order valence-corrected chi connectivity index (χ1v) is 10.9. The van der Waals surface area contributed by atoms with Crippen LogP contribution in [0, 0.1) is 41.4 Å². The predicted octanol–water partition coefficient (Wildman–Crippen LogP) is 3.22. The van der Waals surface area contributed by atoms with E-state index >= 15 is 0 Å². The molecule has 4 bridgehead atoms. The van der Waals surface area contributed by atoms with E-state index in [0.29, 0.717) is 30.2 Å². The van der Waals surface area contributed by atoms with Crippen LogP contribution < -0.4 is 11.5 Å². The van der Waals surface area contributed by atoms with Crippen LogP contribution in [0.2, 0.25) is 0 Å². The van der Waals surface area contributed by atoms with E-state index < -0.39 is 5.60 Å². The molecule has 1 aromatic rings. The zero-order chi connectivity index (χ0) is 21.5. The maximum absolute atomic E-state index is 12.2. The highest BCUT2D eigenvalue weighted by Gasteiger charge is 2.58. The van der Waals surface area contributed by atoms with Crippen molar-refractivity contribution in [3.63, 3.8) is 0 Å². The molecule has 160 valence electrons. The van der Waals surface area contributed by atoms with Crippen LogP contribution in [0.4, 0.5) is 0 Å². The van der Waals surface area contributed by atoms with Crippen molar-refractivity contribution in [2.45, 2.75) is 70.6 Å². The molecular formula is C24H32N4O2. The molecule has 3 atom stereocenters. The van der Waals surface area contributed by atoms with Crippen LogP contribution in [0.3, 0.4) is 0 Å². The summed E-state index contributed by atoms with van der Waals surface area (Å²) >= 11 is 0. The fourth-order valence-corrected chi connectivity index (χ4v) is 6.22. The third-order valence-corrected chi connectivity index (χ3v) is 7.63. The number of nitrogens with zero attached hydrogens (tertiary/aromatic N) is 2. The molecule has 5 rings (SSSR count). The first kappa shape index (κ1) is 20.9. The van der Waals surface area contributed by atoms with Gasteiger partial charge in [-0.25, -0.2) is 0 Å². The average molecular weight is 409 g/mol. The van der Waals surface area contributed by atoms with E-state index in [1.165, 1.54) is 0 Å². The van der Waals surface area contributed by atoms with Gasteiger partial charge in [-0.2, -0.15) is 5.26 Å². The number of amides is 1. The van der Waals surface area contributed by atoms with Crippen LogP contribution >= 0.6 is 0 Å². The molecule has 1 amide bonds. The lowest BCUT2D eigenvalue weighted by atomic mass is 9.48. The Bertz CT molecular complexity index is 889. The summed E-state index contributed by atoms with van der Waals surface area (Å²) in [5.41, 5.74) is 13.2. The van der Waals surface area contributed by atoms with E-state index in [1.807, 2.05) is 32.0 Å². The Kier molecular flexibility index (Phi) is 5.36. The molecule has 30 heavy (non-hydrogen) atoms. The Morgan fingerprint density at radius 2 is 2.00 bits per heavy atom. The summed E-state index contributed by atoms with van der Waals surface area (Å²) in [7, 11) is 0. The number of hydrogen-bond acceptors (Lipinski definition) is 4. The molecule has 0 radical (unpaired) electrons. The molecule has 4 N–H and O–H groups in total. The summed E-state index contributed by atoms with van der Waals surface area (Å²) in [6.07, 6.45) is 4.89. The molecular weight excluding hydrogens is 376 g/mol. The average Bonchev–Trinajstić information content (AvgIpc) is 2.69. The SMILES string of the molecule is Cc1cccc(COC(C)(CC#N)C(N)=NC2C3CC4CC2CC(C(N)=O)(C4)C3)c1. The summed E-state index contributed by atoms with van der Waals surface area (Å²) in [6, 6.07) is 10.4. The third-order valence-electron chi connectivity index (χ3n) is 7.63. The van der Waals surface area contributed by atoms with E-state index in [1.54, 1.807) is 0 Å². The summed E-state index contributed by atoms with van der Waals surface area (Å²) in [5, 5.41) is 9.40. The molecule has 6 nitrogen and oxygen atoms in total. The van der Waals surface area contributed by atoms with Gasteiger partial charge in [0.15, 0.2) is 0 Å². The number of hydrogen-bond donors (Lipinski definition) is 2. The molecule has 0 spiro atoms. The number of carbonyl (C=O) groups excluding carboxylic acids is 1. The van der Waals surface area contributed by atoms with E-state index in [4.69, 9.17) is 21.2 Å². The summed E-state index contributed by atoms with van der Waals surface area (Å²) in [5.74, 6) is 1.50. The van der Waals surface area contributed by atoms with E-state index in [-0.39, 0.29) is 23.8 Å². The molecule has 0 aliphatic heterocycles. The lowest BCUT2D eigenvalue weighted by Gasteiger charge is -2.57. The van der Waals surface area contributed by atoms with Crippen molar-refractivity contribution >= 4 is 11.7 Å². The highest BCUT2D eigenvalue weighted by molar-refractivity contribution is 5.89. The van der Waals surface area contributed by atoms with Gasteiger partial charge in [0.2, 0.25) is 5.91 Å². The first-order valence-electron chi connectivity index (χ1n) is 10.9. The monoisotopic (exact) mass is 408 g/mol. The predicted molar refractivity (Wildman–Crippen MR) is 115 cm³/mol. The van der Waals surface area contributed by atoms with Crippen molar-refractivity contribution in [3.05, 3.63) is 35.4 Å². The summed E-state index contributed by atoms with van der Waals surface area (Å²) < 4.78 is 6.17. The number of carbonyl (C=O) groups is 1. The molecule has 4 fully saturated rings. The van der Waals surface area contributed by atoms with Crippen LogP contribution in [-0.4, -0.2) is 23.4 Å². The van der Waals surface area contributed by atoms with Gasteiger partial charge in [-0.05, 0) is 69.3 Å². The van der Waals surface area contributed by atoms with Crippen LogP contribution in [0.5, 0.6) is 0 Å². The molecule has 0 heterocycles. The van der Waals surface area contributed by atoms with Gasteiger partial charge < -0.3 is 16.2 Å². The van der Waals surface area contributed by atoms with Gasteiger partial charge in [-0.15, -0.1) is 0 Å². The number of rotatable bonds is 7. The minimum Gasteiger partial charge on any atom is -0.385 e. The molecule has 0 saturated heterocycles. The molecule has 4 saturated carbocycles. The van der Waals surface area contributed by atoms with Crippen molar-refractivity contribution in [2.75, 3.05) is 0 Å². The highest BCUT2D eigenvalue weighted by Crippen LogP contribution is 2.60. The standard InChI is InChI=1S/C24H32N4O2/c1-15-4-3-5-16(8-15)14-30-23(2,6-7-25)21(26)28-20-18-9-17-10-19(20)13-24(11-17,12-18)22(27)29/h3-5,8,17-20H,6,9-14H2,1-2H3,(H2,26,28)(H2,27,29). The maximum atomic E-state index is 12.2.